The van der Waals surface area contributed by atoms with Gasteiger partial charge in [0.05, 0.1) is 37.7 Å². The molecule has 3 aliphatic carbocycles. The molecule has 1 unspecified atom stereocenters. The van der Waals surface area contributed by atoms with Gasteiger partial charge in [0.2, 0.25) is 11.5 Å². The molecule has 2 fully saturated rings. The Morgan fingerprint density at radius 1 is 1.23 bits per heavy atom. The second-order valence-corrected chi connectivity index (χ2v) is 7.92. The van der Waals surface area contributed by atoms with Gasteiger partial charge in [-0.25, -0.2) is 0 Å². The Hall–Kier alpha value is -1.57. The molecule has 1 spiro atoms. The van der Waals surface area contributed by atoms with Crippen LogP contribution in [0.5, 0.6) is 0 Å². The van der Waals surface area contributed by atoms with Gasteiger partial charge < -0.3 is 24.6 Å². The van der Waals surface area contributed by atoms with Crippen LogP contribution in [0.2, 0.25) is 0 Å². The standard InChI is InChI=1S/C18H22ClNO6/c1-24-10-6-12(22)18(14(10)23)11(19)8-17-15(26-3)13(25-2)9(21)7-16(17,18)4-5-20-17/h6,11,14,20,23H,4-5,7-8H2,1-3H3/t11-,14-,16+,17+,18?/m0/s1/i19+1. The Labute approximate surface area is 156 Å². The number of aliphatic hydroxyl groups is 1. The van der Waals surface area contributed by atoms with Crippen molar-refractivity contribution >= 4 is 23.2 Å². The molecule has 8 heteroatoms. The van der Waals surface area contributed by atoms with Crippen molar-refractivity contribution in [3.8, 4) is 0 Å². The topological polar surface area (TPSA) is 94.1 Å². The highest BCUT2D eigenvalue weighted by molar-refractivity contribution is 6.25. The van der Waals surface area contributed by atoms with Crippen LogP contribution in [0.4, 0.5) is 0 Å². The molecule has 0 radical (unpaired) electrons. The molecule has 2 N–H and O–H groups in total. The Bertz CT molecular complexity index is 763. The van der Waals surface area contributed by atoms with Gasteiger partial charge >= 0.3 is 0 Å². The summed E-state index contributed by atoms with van der Waals surface area (Å²) < 4.78 is 16.2. The largest absolute Gasteiger partial charge is 0.498 e. The first-order chi connectivity index (χ1) is 12.4. The van der Waals surface area contributed by atoms with Crippen molar-refractivity contribution in [1.29, 1.82) is 0 Å². The molecule has 0 aromatic heterocycles. The maximum absolute atomic E-state index is 13.2. The first-order valence-electron chi connectivity index (χ1n) is 8.59. The second-order valence-electron chi connectivity index (χ2n) is 7.39. The van der Waals surface area contributed by atoms with Crippen LogP contribution in [0.3, 0.4) is 0 Å². The minimum absolute atomic E-state index is 0.0485. The van der Waals surface area contributed by atoms with Gasteiger partial charge in [0, 0.05) is 17.9 Å². The van der Waals surface area contributed by atoms with E-state index < -0.39 is 27.8 Å². The van der Waals surface area contributed by atoms with Crippen LogP contribution >= 0.6 is 11.6 Å². The second kappa shape index (κ2) is 5.47. The van der Waals surface area contributed by atoms with Gasteiger partial charge in [-0.2, -0.15) is 0 Å². The number of halogens is 1. The number of carbonyl (C=O) groups is 2. The predicted molar refractivity (Wildman–Crippen MR) is 91.2 cm³/mol. The first-order valence-corrected chi connectivity index (χ1v) is 9.03. The molecule has 1 saturated heterocycles. The zero-order chi connectivity index (χ0) is 18.9. The molecule has 1 heterocycles. The van der Waals surface area contributed by atoms with Crippen LogP contribution in [-0.4, -0.2) is 61.6 Å². The maximum Gasteiger partial charge on any atom is 0.201 e. The summed E-state index contributed by atoms with van der Waals surface area (Å²) >= 11 is 6.77. The number of ether oxygens (including phenoxy) is 3. The van der Waals surface area contributed by atoms with Gasteiger partial charge in [-0.05, 0) is 19.4 Å². The summed E-state index contributed by atoms with van der Waals surface area (Å²) in [5, 5.41) is 13.8. The lowest BCUT2D eigenvalue weighted by atomic mass is 9.52. The van der Waals surface area contributed by atoms with E-state index in [9.17, 15) is 14.7 Å². The molecular weight excluding hydrogens is 362 g/mol. The number of alkyl halides is 1. The first kappa shape index (κ1) is 17.8. The molecule has 4 aliphatic rings. The van der Waals surface area contributed by atoms with Gasteiger partial charge in [-0.15, -0.1) is 11.6 Å². The summed E-state index contributed by atoms with van der Waals surface area (Å²) in [5.74, 6) is 0.155. The van der Waals surface area contributed by atoms with Gasteiger partial charge in [-0.3, -0.25) is 9.59 Å². The monoisotopic (exact) mass is 384 g/mol. The highest BCUT2D eigenvalue weighted by Gasteiger charge is 2.82. The fraction of sp³-hybridized carbons (Fsp3) is 0.667. The molecule has 5 atom stereocenters. The van der Waals surface area contributed by atoms with Crippen LogP contribution in [0, 0.1) is 10.8 Å². The van der Waals surface area contributed by atoms with Crippen LogP contribution in [0.15, 0.2) is 23.4 Å². The molecule has 0 amide bonds. The van der Waals surface area contributed by atoms with Crippen molar-refractivity contribution in [1.82, 2.24) is 5.32 Å². The maximum atomic E-state index is 13.2. The van der Waals surface area contributed by atoms with Gasteiger partial charge in [0.15, 0.2) is 11.5 Å². The smallest absolute Gasteiger partial charge is 0.201 e. The average Bonchev–Trinajstić information content (AvgIpc) is 3.16. The molecule has 26 heavy (non-hydrogen) atoms. The molecule has 0 aromatic rings. The molecule has 0 aromatic carbocycles. The SMILES string of the molecule is COC1=CC(=O)C2([C@@H]([36Cl])C[C@]34NCC[C@]23CC(=O)C(OC)=C4OC)[C@H]1O. The Morgan fingerprint density at radius 2 is 1.96 bits per heavy atom. The van der Waals surface area contributed by atoms with E-state index in [4.69, 9.17) is 25.8 Å². The quantitative estimate of drug-likeness (QED) is 0.690. The molecule has 1 aliphatic heterocycles. The van der Waals surface area contributed by atoms with Gasteiger partial charge in [0.1, 0.15) is 11.9 Å². The molecule has 0 bridgehead atoms. The van der Waals surface area contributed by atoms with Crippen molar-refractivity contribution in [2.24, 2.45) is 10.8 Å². The van der Waals surface area contributed by atoms with E-state index >= 15 is 0 Å². The summed E-state index contributed by atoms with van der Waals surface area (Å²) in [6, 6.07) is 0. The summed E-state index contributed by atoms with van der Waals surface area (Å²) in [4.78, 5) is 26.1. The van der Waals surface area contributed by atoms with E-state index in [0.717, 1.165) is 0 Å². The highest BCUT2D eigenvalue weighted by Crippen LogP contribution is 2.72. The number of hydrogen-bond acceptors (Lipinski definition) is 7. The van der Waals surface area contributed by atoms with Crippen molar-refractivity contribution in [3.63, 3.8) is 0 Å². The number of nitrogens with one attached hydrogen (secondary N) is 1. The molecule has 7 nitrogen and oxygen atoms in total. The molecular formula is C18H22ClNO6. The lowest BCUT2D eigenvalue weighted by Crippen LogP contribution is -2.63. The molecule has 142 valence electrons. The van der Waals surface area contributed by atoms with Gasteiger partial charge in [-0.1, -0.05) is 0 Å². The fourth-order valence-electron chi connectivity index (χ4n) is 6.03. The van der Waals surface area contributed by atoms with E-state index in [1.165, 1.54) is 27.4 Å². The number of aliphatic hydroxyl groups excluding tert-OH is 1. The number of carbonyl (C=O) groups excluding carboxylic acids is 2. The number of ketones is 2. The zero-order valence-electron chi connectivity index (χ0n) is 14.9. The van der Waals surface area contributed by atoms with E-state index in [1.807, 2.05) is 0 Å². The normalized spacial score (nSPS) is 44.3. The van der Waals surface area contributed by atoms with Crippen molar-refractivity contribution in [2.75, 3.05) is 27.9 Å². The highest BCUT2D eigenvalue weighted by atomic mass is 36.0. The van der Waals surface area contributed by atoms with Crippen LogP contribution in [0.1, 0.15) is 19.3 Å². The van der Waals surface area contributed by atoms with Gasteiger partial charge in [0.25, 0.3) is 0 Å². The Morgan fingerprint density at radius 3 is 2.54 bits per heavy atom. The van der Waals surface area contributed by atoms with E-state index in [-0.39, 0.29) is 29.5 Å². The third kappa shape index (κ3) is 1.59. The summed E-state index contributed by atoms with van der Waals surface area (Å²) in [6.45, 7) is 0.574. The minimum Gasteiger partial charge on any atom is -0.498 e. The van der Waals surface area contributed by atoms with Crippen molar-refractivity contribution < 1.29 is 28.9 Å². The number of rotatable bonds is 3. The summed E-state index contributed by atoms with van der Waals surface area (Å²) in [5.41, 5.74) is -3.10. The fourth-order valence-corrected chi connectivity index (χ4v) is 6.70. The molecule has 1 saturated carbocycles. The lowest BCUT2D eigenvalue weighted by molar-refractivity contribution is -0.146. The van der Waals surface area contributed by atoms with E-state index in [0.29, 0.717) is 25.1 Å². The van der Waals surface area contributed by atoms with E-state index in [1.54, 1.807) is 0 Å². The molecule has 4 rings (SSSR count). The Balaban J connectivity index is 2.00. The summed E-state index contributed by atoms with van der Waals surface area (Å²) in [6.07, 6.45) is 1.01. The van der Waals surface area contributed by atoms with Crippen LogP contribution in [-0.2, 0) is 23.8 Å². The Kier molecular flexibility index (Phi) is 3.75. The number of hydrogen-bond donors (Lipinski definition) is 2. The predicted octanol–water partition coefficient (Wildman–Crippen LogP) is 0.653. The summed E-state index contributed by atoms with van der Waals surface area (Å²) in [7, 11) is 4.31. The number of Topliss-reactive ketones (excluding diaryl/α,β-unsaturated/α-hetero) is 1. The lowest BCUT2D eigenvalue weighted by Gasteiger charge is -2.51. The van der Waals surface area contributed by atoms with Crippen LogP contribution in [0.25, 0.3) is 0 Å². The van der Waals surface area contributed by atoms with E-state index in [2.05, 4.69) is 5.32 Å². The third-order valence-electron chi connectivity index (χ3n) is 6.90. The average molecular weight is 384 g/mol. The minimum atomic E-state index is -1.35. The van der Waals surface area contributed by atoms with Crippen LogP contribution < -0.4 is 5.32 Å². The van der Waals surface area contributed by atoms with Crippen molar-refractivity contribution in [3.05, 3.63) is 23.4 Å². The third-order valence-corrected chi connectivity index (χ3v) is 7.40. The number of allylic oxidation sites excluding steroid dienone is 2. The zero-order valence-corrected chi connectivity index (χ0v) is 15.7. The van der Waals surface area contributed by atoms with Crippen molar-refractivity contribution in [2.45, 2.75) is 36.3 Å². The number of methoxy groups -OCH3 is 3.